The van der Waals surface area contributed by atoms with Crippen LogP contribution in [0.3, 0.4) is 0 Å². The van der Waals surface area contributed by atoms with E-state index in [1.54, 1.807) is 0 Å². The van der Waals surface area contributed by atoms with E-state index in [0.29, 0.717) is 0 Å². The molecule has 0 amide bonds. The third-order valence-corrected chi connectivity index (χ3v) is 22.1. The Balaban J connectivity index is 2.68. The van der Waals surface area contributed by atoms with Crippen molar-refractivity contribution >= 4 is 34.0 Å². The molecular formula is C36H68O7Si2. The molecule has 2 saturated carbocycles. The molecule has 2 aliphatic carbocycles. The first-order valence-corrected chi connectivity index (χ1v) is 23.2. The van der Waals surface area contributed by atoms with Gasteiger partial charge in [0.2, 0.25) is 0 Å². The number of Topliss-reactive ketones (excluding diaryl/α,β-unsaturated/α-hetero) is 3. The SMILES string of the molecule is CC[Si](CC)(CC)O[C@H]1[C@@H](C)CCC[C@@]2(C)C(O)[C@H]2C[C@H](C(C)=O)C(O)C(=O)C[C@H](O[Si](CC)(CC)CC)C(C)(C)C(=O)[C@@H]1C. The van der Waals surface area contributed by atoms with Gasteiger partial charge < -0.3 is 19.1 Å². The Morgan fingerprint density at radius 2 is 1.36 bits per heavy atom. The molecule has 0 heterocycles. The highest BCUT2D eigenvalue weighted by Gasteiger charge is 2.61. The molecule has 0 spiro atoms. The van der Waals surface area contributed by atoms with Gasteiger partial charge in [-0.1, -0.05) is 82.6 Å². The third kappa shape index (κ3) is 8.66. The highest BCUT2D eigenvalue weighted by Crippen LogP contribution is 2.59. The molecule has 0 saturated heterocycles. The van der Waals surface area contributed by atoms with Crippen molar-refractivity contribution in [3.8, 4) is 0 Å². The average molecular weight is 669 g/mol. The molecule has 7 nitrogen and oxygen atoms in total. The van der Waals surface area contributed by atoms with Crippen LogP contribution in [-0.4, -0.2) is 68.6 Å². The highest BCUT2D eigenvalue weighted by atomic mass is 28.4. The first-order chi connectivity index (χ1) is 20.9. The van der Waals surface area contributed by atoms with Crippen LogP contribution in [0.15, 0.2) is 0 Å². The topological polar surface area (TPSA) is 110 Å². The number of carbonyl (C=O) groups is 3. The zero-order valence-corrected chi connectivity index (χ0v) is 32.8. The van der Waals surface area contributed by atoms with Gasteiger partial charge in [0.1, 0.15) is 17.7 Å². The van der Waals surface area contributed by atoms with E-state index in [-0.39, 0.29) is 47.8 Å². The maximum absolute atomic E-state index is 14.8. The number of aliphatic hydroxyl groups is 2. The first kappa shape index (κ1) is 40.5. The quantitative estimate of drug-likeness (QED) is 0.217. The number of ketones is 3. The normalized spacial score (nSPS) is 35.6. The van der Waals surface area contributed by atoms with Gasteiger partial charge in [-0.05, 0) is 79.7 Å². The molecule has 0 aromatic heterocycles. The average Bonchev–Trinajstić information content (AvgIpc) is 3.53. The summed E-state index contributed by atoms with van der Waals surface area (Å²) in [6.07, 6.45) is -0.374. The predicted octanol–water partition coefficient (Wildman–Crippen LogP) is 7.73. The van der Waals surface area contributed by atoms with E-state index in [2.05, 4.69) is 55.4 Å². The van der Waals surface area contributed by atoms with Crippen molar-refractivity contribution in [2.24, 2.45) is 34.5 Å². The molecule has 2 unspecified atom stereocenters. The molecule has 262 valence electrons. The number of rotatable bonds is 11. The van der Waals surface area contributed by atoms with Crippen LogP contribution in [0, 0.1) is 34.5 Å². The number of hydrogen-bond acceptors (Lipinski definition) is 7. The van der Waals surface area contributed by atoms with E-state index in [4.69, 9.17) is 8.85 Å². The summed E-state index contributed by atoms with van der Waals surface area (Å²) in [4.78, 5) is 41.5. The zero-order chi connectivity index (χ0) is 34.5. The van der Waals surface area contributed by atoms with Crippen LogP contribution in [-0.2, 0) is 23.2 Å². The summed E-state index contributed by atoms with van der Waals surface area (Å²) < 4.78 is 14.2. The summed E-state index contributed by atoms with van der Waals surface area (Å²) in [6.45, 7) is 24.5. The van der Waals surface area contributed by atoms with Crippen molar-refractivity contribution in [3.05, 3.63) is 0 Å². The molecule has 0 bridgehead atoms. The van der Waals surface area contributed by atoms with Crippen LogP contribution in [0.5, 0.6) is 0 Å². The standard InChI is InChI=1S/C36H68O7Si2/c1-13-44(14-2,15-3)42-30-23-29(38)31(39)27(26(9)37)22-28-34(41)36(28,12)21-19-20-24(7)32(25(8)33(40)35(30,10)11)43-45(16-4,17-5)18-6/h24-25,27-28,30-32,34,39,41H,13-23H2,1-12H3/t24-,25+,27+,28+,30-,31?,32-,34?,36+/m0/s1. The molecule has 0 aromatic carbocycles. The Labute approximate surface area is 277 Å². The fraction of sp³-hybridized carbons (Fsp3) is 0.917. The van der Waals surface area contributed by atoms with Crippen molar-refractivity contribution < 1.29 is 33.4 Å². The number of aliphatic hydroxyl groups excluding tert-OH is 2. The smallest absolute Gasteiger partial charge is 0.192 e. The van der Waals surface area contributed by atoms with Crippen LogP contribution in [0.25, 0.3) is 0 Å². The maximum Gasteiger partial charge on any atom is 0.192 e. The summed E-state index contributed by atoms with van der Waals surface area (Å²) in [5.41, 5.74) is -1.38. The Bertz CT molecular complexity index is 991. The summed E-state index contributed by atoms with van der Waals surface area (Å²) in [6, 6.07) is 5.57. The number of hydrogen-bond donors (Lipinski definition) is 2. The van der Waals surface area contributed by atoms with Gasteiger partial charge in [0.15, 0.2) is 22.4 Å². The lowest BCUT2D eigenvalue weighted by Crippen LogP contribution is -2.53. The van der Waals surface area contributed by atoms with Gasteiger partial charge in [0, 0.05) is 17.8 Å². The molecule has 2 fully saturated rings. The fourth-order valence-electron chi connectivity index (χ4n) is 8.29. The van der Waals surface area contributed by atoms with Crippen LogP contribution in [0.4, 0.5) is 0 Å². The van der Waals surface area contributed by atoms with Crippen molar-refractivity contribution in [1.29, 1.82) is 0 Å². The largest absolute Gasteiger partial charge is 0.413 e. The van der Waals surface area contributed by atoms with Crippen molar-refractivity contribution in [2.45, 2.75) is 176 Å². The minimum Gasteiger partial charge on any atom is -0.413 e. The molecular weight excluding hydrogens is 601 g/mol. The molecule has 2 aliphatic rings. The Hall–Kier alpha value is -0.716. The lowest BCUT2D eigenvalue weighted by Gasteiger charge is -2.44. The lowest BCUT2D eigenvalue weighted by molar-refractivity contribution is -0.145. The van der Waals surface area contributed by atoms with Crippen molar-refractivity contribution in [1.82, 2.24) is 0 Å². The molecule has 9 heteroatoms. The zero-order valence-electron chi connectivity index (χ0n) is 30.8. The molecule has 0 aromatic rings. The second kappa shape index (κ2) is 16.1. The van der Waals surface area contributed by atoms with Gasteiger partial charge in [-0.25, -0.2) is 0 Å². The molecule has 0 aliphatic heterocycles. The van der Waals surface area contributed by atoms with E-state index in [0.717, 1.165) is 55.5 Å². The lowest BCUT2D eigenvalue weighted by atomic mass is 9.72. The maximum atomic E-state index is 14.8. The van der Waals surface area contributed by atoms with E-state index < -0.39 is 58.0 Å². The number of carbonyl (C=O) groups excluding carboxylic acids is 3. The van der Waals surface area contributed by atoms with Gasteiger partial charge >= 0.3 is 0 Å². The van der Waals surface area contributed by atoms with E-state index in [1.807, 2.05) is 20.8 Å². The van der Waals surface area contributed by atoms with Gasteiger partial charge in [0.05, 0.1) is 24.2 Å². The van der Waals surface area contributed by atoms with Gasteiger partial charge in [-0.2, -0.15) is 0 Å². The highest BCUT2D eigenvalue weighted by molar-refractivity contribution is 6.74. The van der Waals surface area contributed by atoms with Crippen molar-refractivity contribution in [2.75, 3.05) is 0 Å². The summed E-state index contributed by atoms with van der Waals surface area (Å²) in [7, 11) is -4.34. The molecule has 0 radical (unpaired) electrons. The molecule has 2 rings (SSSR count). The van der Waals surface area contributed by atoms with Gasteiger partial charge in [-0.15, -0.1) is 0 Å². The van der Waals surface area contributed by atoms with E-state index >= 15 is 0 Å². The Morgan fingerprint density at radius 3 is 1.82 bits per heavy atom. The van der Waals surface area contributed by atoms with Crippen LogP contribution >= 0.6 is 0 Å². The first-order valence-electron chi connectivity index (χ1n) is 18.2. The summed E-state index contributed by atoms with van der Waals surface area (Å²) >= 11 is 0. The van der Waals surface area contributed by atoms with E-state index in [1.165, 1.54) is 6.92 Å². The monoisotopic (exact) mass is 668 g/mol. The number of fused-ring (bicyclic) bond motifs is 1. The summed E-state index contributed by atoms with van der Waals surface area (Å²) in [5, 5.41) is 22.4. The predicted molar refractivity (Wildman–Crippen MR) is 187 cm³/mol. The van der Waals surface area contributed by atoms with Crippen LogP contribution in [0.1, 0.15) is 115 Å². The van der Waals surface area contributed by atoms with E-state index in [9.17, 15) is 24.6 Å². The second-order valence-electron chi connectivity index (χ2n) is 15.5. The van der Waals surface area contributed by atoms with Gasteiger partial charge in [0.25, 0.3) is 0 Å². The molecule has 2 N–H and O–H groups in total. The second-order valence-corrected chi connectivity index (χ2v) is 25.0. The van der Waals surface area contributed by atoms with Crippen LogP contribution < -0.4 is 0 Å². The molecule has 45 heavy (non-hydrogen) atoms. The van der Waals surface area contributed by atoms with Gasteiger partial charge in [-0.3, -0.25) is 14.4 Å². The fourth-order valence-corrected chi connectivity index (χ4v) is 14.3. The Morgan fingerprint density at radius 1 is 0.867 bits per heavy atom. The minimum atomic E-state index is -2.28. The molecule has 9 atom stereocenters. The summed E-state index contributed by atoms with van der Waals surface area (Å²) in [5.74, 6) is -1.99. The van der Waals surface area contributed by atoms with Crippen LogP contribution in [0.2, 0.25) is 36.3 Å². The minimum absolute atomic E-state index is 0.0314. The van der Waals surface area contributed by atoms with Crippen molar-refractivity contribution in [3.63, 3.8) is 0 Å². The third-order valence-electron chi connectivity index (χ3n) is 12.8. The Kier molecular flexibility index (Phi) is 14.5.